The van der Waals surface area contributed by atoms with Gasteiger partial charge in [-0.2, -0.15) is 0 Å². The summed E-state index contributed by atoms with van der Waals surface area (Å²) in [6.07, 6.45) is 6.01. The molecule has 1 saturated heterocycles. The summed E-state index contributed by atoms with van der Waals surface area (Å²) in [6, 6.07) is 0.188. The third kappa shape index (κ3) is 2.15. The molecule has 0 aromatic rings. The zero-order chi connectivity index (χ0) is 15.4. The van der Waals surface area contributed by atoms with Gasteiger partial charge in [0.15, 0.2) is 0 Å². The van der Waals surface area contributed by atoms with Crippen molar-refractivity contribution in [3.8, 4) is 0 Å². The summed E-state index contributed by atoms with van der Waals surface area (Å²) in [6.45, 7) is 9.67. The maximum absolute atomic E-state index is 13.1. The van der Waals surface area contributed by atoms with E-state index in [4.69, 9.17) is 0 Å². The van der Waals surface area contributed by atoms with E-state index in [-0.39, 0.29) is 28.7 Å². The Kier molecular flexibility index (Phi) is 3.46. The smallest absolute Gasteiger partial charge is 0.227 e. The summed E-state index contributed by atoms with van der Waals surface area (Å²) >= 11 is 0. The van der Waals surface area contributed by atoms with Gasteiger partial charge in [0.2, 0.25) is 5.91 Å². The number of carbonyl (C=O) groups excluding carboxylic acids is 2. The first-order chi connectivity index (χ1) is 9.78. The molecule has 3 heteroatoms. The largest absolute Gasteiger partial charge is 0.339 e. The molecule has 3 fully saturated rings. The van der Waals surface area contributed by atoms with Gasteiger partial charge in [0, 0.05) is 30.8 Å². The molecular weight excluding hydrogens is 262 g/mol. The summed E-state index contributed by atoms with van der Waals surface area (Å²) in [5.74, 6) is 0.963. The number of ketones is 1. The number of likely N-dealkylation sites (tertiary alicyclic amines) is 1. The van der Waals surface area contributed by atoms with Crippen LogP contribution < -0.4 is 0 Å². The lowest BCUT2D eigenvalue weighted by Gasteiger charge is -2.39. The summed E-state index contributed by atoms with van der Waals surface area (Å²) in [7, 11) is 0. The minimum absolute atomic E-state index is 0.0891. The van der Waals surface area contributed by atoms with Gasteiger partial charge in [-0.1, -0.05) is 27.7 Å². The van der Waals surface area contributed by atoms with Gasteiger partial charge in [-0.05, 0) is 42.9 Å². The second-order valence-electron chi connectivity index (χ2n) is 8.44. The SMILES string of the molecule is CC1(C)C(C(=O)N2CCCCC2C2CCCC2=O)C1(C)C. The van der Waals surface area contributed by atoms with Crippen molar-refractivity contribution in [3.63, 3.8) is 0 Å². The molecule has 2 aliphatic carbocycles. The minimum Gasteiger partial charge on any atom is -0.339 e. The average Bonchev–Trinajstić information content (AvgIpc) is 2.74. The highest BCUT2D eigenvalue weighted by Gasteiger charge is 2.69. The number of piperidine rings is 1. The second-order valence-corrected chi connectivity index (χ2v) is 8.44. The Morgan fingerprint density at radius 1 is 1.05 bits per heavy atom. The van der Waals surface area contributed by atoms with Crippen molar-refractivity contribution in [2.45, 2.75) is 72.3 Å². The van der Waals surface area contributed by atoms with E-state index < -0.39 is 0 Å². The fourth-order valence-corrected chi connectivity index (χ4v) is 4.88. The van der Waals surface area contributed by atoms with Crippen LogP contribution in [0.25, 0.3) is 0 Å². The Balaban J connectivity index is 1.79. The minimum atomic E-state index is 0.0891. The molecule has 2 unspecified atom stereocenters. The molecule has 1 heterocycles. The van der Waals surface area contributed by atoms with Gasteiger partial charge in [-0.3, -0.25) is 9.59 Å². The summed E-state index contributed by atoms with van der Waals surface area (Å²) < 4.78 is 0. The molecule has 0 radical (unpaired) electrons. The van der Waals surface area contributed by atoms with Crippen LogP contribution in [-0.4, -0.2) is 29.2 Å². The molecule has 0 aromatic heterocycles. The van der Waals surface area contributed by atoms with E-state index >= 15 is 0 Å². The fraction of sp³-hybridized carbons (Fsp3) is 0.889. The van der Waals surface area contributed by atoms with Gasteiger partial charge >= 0.3 is 0 Å². The molecule has 3 nitrogen and oxygen atoms in total. The van der Waals surface area contributed by atoms with Crippen molar-refractivity contribution in [1.29, 1.82) is 0 Å². The Labute approximate surface area is 128 Å². The van der Waals surface area contributed by atoms with Crippen molar-refractivity contribution in [2.24, 2.45) is 22.7 Å². The molecule has 0 aromatic carbocycles. The molecule has 21 heavy (non-hydrogen) atoms. The number of amides is 1. The zero-order valence-corrected chi connectivity index (χ0v) is 13.9. The number of hydrogen-bond acceptors (Lipinski definition) is 2. The van der Waals surface area contributed by atoms with Crippen molar-refractivity contribution in [2.75, 3.05) is 6.54 Å². The third-order valence-corrected chi connectivity index (χ3v) is 6.92. The average molecular weight is 291 g/mol. The molecule has 0 bridgehead atoms. The highest BCUT2D eigenvalue weighted by molar-refractivity contribution is 5.87. The lowest BCUT2D eigenvalue weighted by Crippen LogP contribution is -2.49. The number of nitrogens with zero attached hydrogens (tertiary/aromatic N) is 1. The van der Waals surface area contributed by atoms with Gasteiger partial charge in [0.05, 0.1) is 0 Å². The van der Waals surface area contributed by atoms with Crippen molar-refractivity contribution < 1.29 is 9.59 Å². The first kappa shape index (κ1) is 15.1. The number of hydrogen-bond donors (Lipinski definition) is 0. The summed E-state index contributed by atoms with van der Waals surface area (Å²) in [4.78, 5) is 27.3. The lowest BCUT2D eigenvalue weighted by molar-refractivity contribution is -0.140. The van der Waals surface area contributed by atoms with E-state index in [1.54, 1.807) is 0 Å². The Morgan fingerprint density at radius 3 is 2.24 bits per heavy atom. The van der Waals surface area contributed by atoms with Gasteiger partial charge < -0.3 is 4.90 Å². The van der Waals surface area contributed by atoms with Crippen molar-refractivity contribution in [1.82, 2.24) is 4.90 Å². The monoisotopic (exact) mass is 291 g/mol. The van der Waals surface area contributed by atoms with Crippen LogP contribution >= 0.6 is 0 Å². The molecule has 1 amide bonds. The summed E-state index contributed by atoms with van der Waals surface area (Å²) in [5, 5.41) is 0. The quantitative estimate of drug-likeness (QED) is 0.782. The van der Waals surface area contributed by atoms with Crippen LogP contribution in [0.15, 0.2) is 0 Å². The van der Waals surface area contributed by atoms with Crippen LogP contribution in [0.3, 0.4) is 0 Å². The predicted molar refractivity (Wildman–Crippen MR) is 82.8 cm³/mol. The van der Waals surface area contributed by atoms with Crippen LogP contribution in [0.5, 0.6) is 0 Å². The molecule has 3 rings (SSSR count). The Bertz CT molecular complexity index is 452. The highest BCUT2D eigenvalue weighted by atomic mass is 16.2. The zero-order valence-electron chi connectivity index (χ0n) is 13.9. The van der Waals surface area contributed by atoms with E-state index in [2.05, 4.69) is 32.6 Å². The molecule has 0 N–H and O–H groups in total. The van der Waals surface area contributed by atoms with E-state index in [9.17, 15) is 9.59 Å². The molecule has 0 spiro atoms. The molecule has 2 saturated carbocycles. The van der Waals surface area contributed by atoms with Gasteiger partial charge in [0.25, 0.3) is 0 Å². The normalized spacial score (nSPS) is 35.0. The third-order valence-electron chi connectivity index (χ3n) is 6.92. The standard InChI is InChI=1S/C18H29NO2/c1-17(2)15(18(17,3)4)16(21)19-11-6-5-9-13(19)12-8-7-10-14(12)20/h12-13,15H,5-11H2,1-4H3. The number of Topliss-reactive ketones (excluding diaryl/α,β-unsaturated/α-hetero) is 1. The van der Waals surface area contributed by atoms with E-state index in [0.29, 0.717) is 11.7 Å². The van der Waals surface area contributed by atoms with Gasteiger partial charge in [0.1, 0.15) is 5.78 Å². The first-order valence-corrected chi connectivity index (χ1v) is 8.61. The Hall–Kier alpha value is -0.860. The van der Waals surface area contributed by atoms with Crippen LogP contribution in [0.1, 0.15) is 66.2 Å². The highest BCUT2D eigenvalue weighted by Crippen LogP contribution is 2.69. The second kappa shape index (κ2) is 4.82. The Morgan fingerprint density at radius 2 is 1.71 bits per heavy atom. The summed E-state index contributed by atoms with van der Waals surface area (Å²) in [5.41, 5.74) is 0.178. The van der Waals surface area contributed by atoms with Crippen LogP contribution in [-0.2, 0) is 9.59 Å². The molecule has 1 aliphatic heterocycles. The topological polar surface area (TPSA) is 37.4 Å². The van der Waals surface area contributed by atoms with Crippen LogP contribution in [0.2, 0.25) is 0 Å². The van der Waals surface area contributed by atoms with E-state index in [1.165, 1.54) is 0 Å². The van der Waals surface area contributed by atoms with Crippen molar-refractivity contribution in [3.05, 3.63) is 0 Å². The van der Waals surface area contributed by atoms with Gasteiger partial charge in [-0.15, -0.1) is 0 Å². The van der Waals surface area contributed by atoms with Crippen LogP contribution in [0.4, 0.5) is 0 Å². The maximum Gasteiger partial charge on any atom is 0.227 e. The van der Waals surface area contributed by atoms with E-state index in [1.807, 2.05) is 0 Å². The number of rotatable bonds is 2. The molecule has 3 aliphatic rings. The molecule has 2 atom stereocenters. The lowest BCUT2D eigenvalue weighted by atomic mass is 9.88. The molecular formula is C18H29NO2. The predicted octanol–water partition coefficient (Wildman–Crippen LogP) is 3.42. The maximum atomic E-state index is 13.1. The van der Waals surface area contributed by atoms with Gasteiger partial charge in [-0.25, -0.2) is 0 Å². The first-order valence-electron chi connectivity index (χ1n) is 8.61. The van der Waals surface area contributed by atoms with Crippen molar-refractivity contribution >= 4 is 11.7 Å². The number of carbonyl (C=O) groups is 2. The molecule has 118 valence electrons. The van der Waals surface area contributed by atoms with Crippen LogP contribution in [0, 0.1) is 22.7 Å². The van der Waals surface area contributed by atoms with E-state index in [0.717, 1.165) is 45.1 Å². The fourth-order valence-electron chi connectivity index (χ4n) is 4.88.